The molecular weight excluding hydrogens is 330 g/mol. The predicted octanol–water partition coefficient (Wildman–Crippen LogP) is 2.81. The van der Waals surface area contributed by atoms with Crippen molar-refractivity contribution in [1.29, 1.82) is 0 Å². The largest absolute Gasteiger partial charge is 0.377 e. The second-order valence-electron chi connectivity index (χ2n) is 4.43. The van der Waals surface area contributed by atoms with Crippen LogP contribution < -0.4 is 5.14 Å². The lowest BCUT2D eigenvalue weighted by molar-refractivity contribution is 0.116. The molecule has 4 nitrogen and oxygen atoms in total. The van der Waals surface area contributed by atoms with Gasteiger partial charge < -0.3 is 4.74 Å². The number of primary sulfonamides is 1. The molecule has 0 heterocycles. The van der Waals surface area contributed by atoms with E-state index in [1.54, 1.807) is 0 Å². The maximum absolute atomic E-state index is 10.7. The Balaban J connectivity index is 2.02. The summed E-state index contributed by atoms with van der Waals surface area (Å²) in [5, 5.41) is 4.92. The Labute approximate surface area is 123 Å². The van der Waals surface area contributed by atoms with Crippen molar-refractivity contribution in [3.05, 3.63) is 34.3 Å². The van der Waals surface area contributed by atoms with Crippen molar-refractivity contribution in [1.82, 2.24) is 0 Å². The highest BCUT2D eigenvalue weighted by Crippen LogP contribution is 2.16. The van der Waals surface area contributed by atoms with Crippen LogP contribution in [0.2, 0.25) is 0 Å². The first-order valence-electron chi connectivity index (χ1n) is 6.30. The van der Waals surface area contributed by atoms with E-state index < -0.39 is 10.0 Å². The molecule has 2 N–H and O–H groups in total. The van der Waals surface area contributed by atoms with Crippen molar-refractivity contribution in [3.63, 3.8) is 0 Å². The number of rotatable bonds is 9. The summed E-state index contributed by atoms with van der Waals surface area (Å²) < 4.78 is 28.0. The van der Waals surface area contributed by atoms with Crippen LogP contribution in [0.25, 0.3) is 0 Å². The van der Waals surface area contributed by atoms with Gasteiger partial charge in [-0.05, 0) is 24.5 Å². The van der Waals surface area contributed by atoms with Crippen LogP contribution in [0.1, 0.15) is 31.2 Å². The van der Waals surface area contributed by atoms with Crippen LogP contribution in [-0.4, -0.2) is 20.8 Å². The molecule has 0 atom stereocenters. The molecule has 0 fully saturated rings. The highest BCUT2D eigenvalue weighted by Gasteiger charge is 2.01. The molecule has 0 aliphatic rings. The second-order valence-corrected chi connectivity index (χ2v) is 7.01. The number of nitrogens with two attached hydrogens (primary N) is 1. The van der Waals surface area contributed by atoms with E-state index >= 15 is 0 Å². The van der Waals surface area contributed by atoms with Gasteiger partial charge in [0.05, 0.1) is 12.4 Å². The minimum Gasteiger partial charge on any atom is -0.377 e. The summed E-state index contributed by atoms with van der Waals surface area (Å²) in [6, 6.07) is 7.97. The fourth-order valence-electron chi connectivity index (χ4n) is 1.66. The third kappa shape index (κ3) is 8.36. The molecule has 1 aromatic rings. The normalized spacial score (nSPS) is 11.7. The van der Waals surface area contributed by atoms with Crippen molar-refractivity contribution in [2.45, 2.75) is 32.3 Å². The third-order valence-corrected chi connectivity index (χ3v) is 4.31. The highest BCUT2D eigenvalue weighted by molar-refractivity contribution is 9.10. The molecule has 1 aromatic carbocycles. The maximum atomic E-state index is 10.7. The first kappa shape index (κ1) is 16.6. The zero-order chi connectivity index (χ0) is 14.1. The lowest BCUT2D eigenvalue weighted by Gasteiger charge is -2.06. The second kappa shape index (κ2) is 8.68. The van der Waals surface area contributed by atoms with Gasteiger partial charge in [0, 0.05) is 11.1 Å². The van der Waals surface area contributed by atoms with Crippen molar-refractivity contribution in [2.75, 3.05) is 12.4 Å². The zero-order valence-corrected chi connectivity index (χ0v) is 13.2. The zero-order valence-electron chi connectivity index (χ0n) is 10.8. The Morgan fingerprint density at radius 1 is 1.11 bits per heavy atom. The fraction of sp³-hybridized carbons (Fsp3) is 0.538. The van der Waals surface area contributed by atoms with E-state index in [4.69, 9.17) is 9.88 Å². The van der Waals surface area contributed by atoms with Gasteiger partial charge in [0.25, 0.3) is 0 Å². The SMILES string of the molecule is NS(=O)(=O)CCCCCCOCc1ccccc1Br. The Kier molecular flexibility index (Phi) is 7.60. The minimum atomic E-state index is -3.30. The molecule has 0 aromatic heterocycles. The van der Waals surface area contributed by atoms with E-state index in [-0.39, 0.29) is 5.75 Å². The van der Waals surface area contributed by atoms with Gasteiger partial charge in [-0.2, -0.15) is 0 Å². The molecule has 6 heteroatoms. The summed E-state index contributed by atoms with van der Waals surface area (Å²) in [6.07, 6.45) is 3.40. The number of hydrogen-bond donors (Lipinski definition) is 1. The number of sulfonamides is 1. The summed E-state index contributed by atoms with van der Waals surface area (Å²) >= 11 is 3.47. The van der Waals surface area contributed by atoms with Crippen molar-refractivity contribution < 1.29 is 13.2 Å². The third-order valence-electron chi connectivity index (χ3n) is 2.68. The smallest absolute Gasteiger partial charge is 0.209 e. The molecule has 19 heavy (non-hydrogen) atoms. The van der Waals surface area contributed by atoms with Gasteiger partial charge in [0.1, 0.15) is 0 Å². The Morgan fingerprint density at radius 2 is 1.79 bits per heavy atom. The first-order valence-corrected chi connectivity index (χ1v) is 8.81. The Bertz CT molecular complexity index is 477. The summed E-state index contributed by atoms with van der Waals surface area (Å²) in [7, 11) is -3.30. The van der Waals surface area contributed by atoms with Crippen LogP contribution in [0.15, 0.2) is 28.7 Å². The first-order chi connectivity index (χ1) is 8.99. The van der Waals surface area contributed by atoms with Gasteiger partial charge >= 0.3 is 0 Å². The molecule has 0 saturated carbocycles. The minimum absolute atomic E-state index is 0.0742. The summed E-state index contributed by atoms with van der Waals surface area (Å²) in [4.78, 5) is 0. The van der Waals surface area contributed by atoms with Crippen LogP contribution in [0.4, 0.5) is 0 Å². The number of unbranched alkanes of at least 4 members (excludes halogenated alkanes) is 3. The van der Waals surface area contributed by atoms with Crippen molar-refractivity contribution in [3.8, 4) is 0 Å². The van der Waals surface area contributed by atoms with Gasteiger partial charge in [0.15, 0.2) is 0 Å². The lowest BCUT2D eigenvalue weighted by atomic mass is 10.2. The van der Waals surface area contributed by atoms with E-state index in [9.17, 15) is 8.42 Å². The Hall–Kier alpha value is -0.430. The molecule has 1 rings (SSSR count). The molecule has 0 aliphatic carbocycles. The van der Waals surface area contributed by atoms with E-state index in [0.29, 0.717) is 19.6 Å². The predicted molar refractivity (Wildman–Crippen MR) is 80.2 cm³/mol. The summed E-state index contributed by atoms with van der Waals surface area (Å²) in [5.74, 6) is 0.0742. The highest BCUT2D eigenvalue weighted by atomic mass is 79.9. The number of ether oxygens (including phenoxy) is 1. The van der Waals surface area contributed by atoms with Gasteiger partial charge in [-0.1, -0.05) is 47.0 Å². The molecule has 108 valence electrons. The molecule has 0 saturated heterocycles. The van der Waals surface area contributed by atoms with Crippen LogP contribution in [-0.2, 0) is 21.4 Å². The number of benzene rings is 1. The van der Waals surface area contributed by atoms with Crippen molar-refractivity contribution >= 4 is 26.0 Å². The standard InChI is InChI=1S/C13H20BrNO3S/c14-13-8-4-3-7-12(13)11-18-9-5-1-2-6-10-19(15,16)17/h3-4,7-8H,1-2,5-6,9-11H2,(H2,15,16,17). The van der Waals surface area contributed by atoms with Crippen LogP contribution in [0.3, 0.4) is 0 Å². The number of halogens is 1. The van der Waals surface area contributed by atoms with Gasteiger partial charge in [-0.15, -0.1) is 0 Å². The van der Waals surface area contributed by atoms with E-state index in [1.165, 1.54) is 0 Å². The van der Waals surface area contributed by atoms with Crippen molar-refractivity contribution in [2.24, 2.45) is 5.14 Å². The average molecular weight is 350 g/mol. The maximum Gasteiger partial charge on any atom is 0.209 e. The van der Waals surface area contributed by atoms with Gasteiger partial charge in [-0.3, -0.25) is 0 Å². The fourth-order valence-corrected chi connectivity index (χ4v) is 2.66. The molecular formula is C13H20BrNO3S. The monoisotopic (exact) mass is 349 g/mol. The molecule has 0 radical (unpaired) electrons. The Morgan fingerprint density at radius 3 is 2.47 bits per heavy atom. The summed E-state index contributed by atoms with van der Waals surface area (Å²) in [6.45, 7) is 1.29. The molecule has 0 spiro atoms. The molecule has 0 aliphatic heterocycles. The van der Waals surface area contributed by atoms with E-state index in [0.717, 1.165) is 29.3 Å². The van der Waals surface area contributed by atoms with E-state index in [1.807, 2.05) is 24.3 Å². The molecule has 0 bridgehead atoms. The van der Waals surface area contributed by atoms with E-state index in [2.05, 4.69) is 15.9 Å². The quantitative estimate of drug-likeness (QED) is 0.697. The van der Waals surface area contributed by atoms with Gasteiger partial charge in [-0.25, -0.2) is 13.6 Å². The summed E-state index contributed by atoms with van der Waals surface area (Å²) in [5.41, 5.74) is 1.14. The van der Waals surface area contributed by atoms with Gasteiger partial charge in [0.2, 0.25) is 10.0 Å². The molecule has 0 unspecified atom stereocenters. The topological polar surface area (TPSA) is 69.4 Å². The van der Waals surface area contributed by atoms with Crippen LogP contribution in [0.5, 0.6) is 0 Å². The molecule has 0 amide bonds. The van der Waals surface area contributed by atoms with Crippen LogP contribution >= 0.6 is 15.9 Å². The average Bonchev–Trinajstić information content (AvgIpc) is 2.33. The number of hydrogen-bond acceptors (Lipinski definition) is 3. The lowest BCUT2D eigenvalue weighted by Crippen LogP contribution is -2.16. The van der Waals surface area contributed by atoms with Crippen LogP contribution in [0, 0.1) is 0 Å².